The van der Waals surface area contributed by atoms with Crippen LogP contribution in [0.2, 0.25) is 0 Å². The minimum atomic E-state index is 0.484. The molecule has 0 aromatic carbocycles. The molecule has 0 aromatic heterocycles. The Bertz CT molecular complexity index is 330. The van der Waals surface area contributed by atoms with Gasteiger partial charge in [0.2, 0.25) is 0 Å². The number of nitrogens with zero attached hydrogens (tertiary/aromatic N) is 1. The molecule has 1 saturated carbocycles. The van der Waals surface area contributed by atoms with Crippen LogP contribution in [0.25, 0.3) is 0 Å². The zero-order valence-electron chi connectivity index (χ0n) is 11.7. The quantitative estimate of drug-likeness (QED) is 0.576. The summed E-state index contributed by atoms with van der Waals surface area (Å²) in [6.45, 7) is 2.44. The number of allylic oxidation sites excluding steroid dienone is 2. The second kappa shape index (κ2) is 6.31. The van der Waals surface area contributed by atoms with Gasteiger partial charge in [0, 0.05) is 53.7 Å². The molecule has 3 N–H and O–H groups in total. The van der Waals surface area contributed by atoms with Crippen molar-refractivity contribution in [2.24, 2.45) is 17.6 Å². The Morgan fingerprint density at radius 1 is 1.16 bits per heavy atom. The Balaban J connectivity index is 1.63. The number of hydrogen-bond acceptors (Lipinski definition) is 3. The van der Waals surface area contributed by atoms with Crippen LogP contribution in [0.5, 0.6) is 0 Å². The van der Waals surface area contributed by atoms with E-state index in [1.165, 1.54) is 58.0 Å². The molecule has 3 nitrogen and oxygen atoms in total. The van der Waals surface area contributed by atoms with Crippen LogP contribution in [0.1, 0.15) is 44.9 Å². The highest BCUT2D eigenvalue weighted by Gasteiger charge is 2.40. The fourth-order valence-electron chi connectivity index (χ4n) is 4.12. The number of fused-ring (bicyclic) bond motifs is 2. The molecule has 1 saturated heterocycles. The van der Waals surface area contributed by atoms with E-state index in [2.05, 4.69) is 37.4 Å². The van der Waals surface area contributed by atoms with Crippen LogP contribution < -0.4 is 9.26 Å². The molecule has 1 heterocycles. The van der Waals surface area contributed by atoms with Crippen LogP contribution in [0.3, 0.4) is 0 Å². The summed E-state index contributed by atoms with van der Waals surface area (Å²) in [7, 11) is 0. The summed E-state index contributed by atoms with van der Waals surface area (Å²) >= 11 is 2.31. The Kier molecular flexibility index (Phi) is 4.70. The van der Waals surface area contributed by atoms with E-state index in [1.807, 2.05) is 0 Å². The molecule has 4 atom stereocenters. The number of hydrogen-bond donors (Lipinski definition) is 2. The van der Waals surface area contributed by atoms with Crippen molar-refractivity contribution < 1.29 is 0 Å². The number of piperidine rings is 1. The molecular formula is C15H26IN3. The van der Waals surface area contributed by atoms with E-state index in [0.29, 0.717) is 12.1 Å². The lowest BCUT2D eigenvalue weighted by Crippen LogP contribution is -2.48. The van der Waals surface area contributed by atoms with Gasteiger partial charge in [0.05, 0.1) is 0 Å². The van der Waals surface area contributed by atoms with Gasteiger partial charge in [-0.25, -0.2) is 0 Å². The molecule has 3 aliphatic rings. The first kappa shape index (κ1) is 14.1. The molecule has 0 aromatic rings. The molecule has 19 heavy (non-hydrogen) atoms. The molecule has 1 aliphatic heterocycles. The Morgan fingerprint density at radius 2 is 1.89 bits per heavy atom. The summed E-state index contributed by atoms with van der Waals surface area (Å²) < 4.78 is 3.41. The molecule has 0 radical (unpaired) electrons. The van der Waals surface area contributed by atoms with E-state index < -0.39 is 0 Å². The fraction of sp³-hybridized carbons (Fsp3) is 0.867. The van der Waals surface area contributed by atoms with E-state index in [0.717, 1.165) is 11.8 Å². The lowest BCUT2D eigenvalue weighted by molar-refractivity contribution is 0.177. The van der Waals surface area contributed by atoms with Gasteiger partial charge in [-0.15, -0.1) is 0 Å². The summed E-state index contributed by atoms with van der Waals surface area (Å²) in [5, 5.41) is 0. The highest BCUT2D eigenvalue weighted by atomic mass is 127. The third-order valence-corrected chi connectivity index (χ3v) is 6.23. The van der Waals surface area contributed by atoms with E-state index in [-0.39, 0.29) is 0 Å². The average Bonchev–Trinajstić information content (AvgIpc) is 2.62. The number of halogens is 1. The second-order valence-corrected chi connectivity index (χ2v) is 7.17. The smallest absolute Gasteiger partial charge is 0.0218 e. The van der Waals surface area contributed by atoms with Crippen molar-refractivity contribution in [3.8, 4) is 0 Å². The molecule has 0 spiro atoms. The van der Waals surface area contributed by atoms with E-state index in [4.69, 9.17) is 5.73 Å². The van der Waals surface area contributed by atoms with Gasteiger partial charge in [0.15, 0.2) is 0 Å². The monoisotopic (exact) mass is 375 g/mol. The molecular weight excluding hydrogens is 349 g/mol. The first-order valence-electron chi connectivity index (χ1n) is 7.83. The van der Waals surface area contributed by atoms with Crippen LogP contribution in [0, 0.1) is 11.8 Å². The van der Waals surface area contributed by atoms with E-state index in [9.17, 15) is 0 Å². The van der Waals surface area contributed by atoms with Crippen molar-refractivity contribution in [2.45, 2.75) is 57.0 Å². The molecule has 0 amide bonds. The molecule has 2 aliphatic carbocycles. The molecule has 4 heteroatoms. The molecule has 3 rings (SSSR count). The van der Waals surface area contributed by atoms with Crippen LogP contribution in [0.4, 0.5) is 0 Å². The molecule has 108 valence electrons. The maximum atomic E-state index is 6.31. The van der Waals surface area contributed by atoms with Gasteiger partial charge in [-0.3, -0.25) is 3.53 Å². The van der Waals surface area contributed by atoms with Crippen molar-refractivity contribution in [2.75, 3.05) is 13.1 Å². The standard InChI is InChI=1S/C15H26IN3/c16-18-13-3-1-5-14(6-2-4-13)19-9-11-7-8-12(10-19)15(11)17/h5,11-13,15,18H,1-4,6-10,17H2/b14-5+/t11-,12?,13?,15-/m0/s1. The summed E-state index contributed by atoms with van der Waals surface area (Å²) in [6, 6.07) is 1.20. The zero-order valence-corrected chi connectivity index (χ0v) is 13.8. The predicted octanol–water partition coefficient (Wildman–Crippen LogP) is 2.81. The maximum Gasteiger partial charge on any atom is 0.0218 e. The number of rotatable bonds is 2. The Morgan fingerprint density at radius 3 is 2.58 bits per heavy atom. The van der Waals surface area contributed by atoms with Crippen molar-refractivity contribution in [1.29, 1.82) is 0 Å². The molecule has 2 bridgehead atoms. The van der Waals surface area contributed by atoms with Crippen molar-refractivity contribution in [1.82, 2.24) is 8.43 Å². The lowest BCUT2D eigenvalue weighted by Gasteiger charge is -2.39. The van der Waals surface area contributed by atoms with Crippen LogP contribution >= 0.6 is 22.9 Å². The van der Waals surface area contributed by atoms with Crippen LogP contribution in [-0.2, 0) is 0 Å². The van der Waals surface area contributed by atoms with Gasteiger partial charge in [-0.1, -0.05) is 6.08 Å². The van der Waals surface area contributed by atoms with Crippen molar-refractivity contribution >= 4 is 22.9 Å². The fourth-order valence-corrected chi connectivity index (χ4v) is 4.75. The minimum Gasteiger partial charge on any atom is -0.374 e. The van der Waals surface area contributed by atoms with E-state index in [1.54, 1.807) is 5.70 Å². The highest BCUT2D eigenvalue weighted by molar-refractivity contribution is 14.1. The Labute approximate surface area is 130 Å². The predicted molar refractivity (Wildman–Crippen MR) is 87.9 cm³/mol. The zero-order chi connectivity index (χ0) is 13.2. The minimum absolute atomic E-state index is 0.484. The normalized spacial score (nSPS) is 42.4. The van der Waals surface area contributed by atoms with Crippen LogP contribution in [-0.4, -0.2) is 30.1 Å². The maximum absolute atomic E-state index is 6.31. The summed E-state index contributed by atoms with van der Waals surface area (Å²) in [5.74, 6) is 1.52. The third-order valence-electron chi connectivity index (χ3n) is 5.35. The van der Waals surface area contributed by atoms with Crippen molar-refractivity contribution in [3.05, 3.63) is 11.8 Å². The average molecular weight is 375 g/mol. The largest absolute Gasteiger partial charge is 0.374 e. The summed E-state index contributed by atoms with van der Waals surface area (Å²) in [6.07, 6.45) is 11.7. The van der Waals surface area contributed by atoms with Gasteiger partial charge < -0.3 is 10.6 Å². The van der Waals surface area contributed by atoms with E-state index >= 15 is 0 Å². The number of nitrogens with two attached hydrogens (primary N) is 1. The van der Waals surface area contributed by atoms with Gasteiger partial charge in [-0.2, -0.15) is 0 Å². The SMILES string of the molecule is N[C@@H]1C2CC[C@H]1CN(/C1=C/CCC(NI)CCC1)C2. The first-order chi connectivity index (χ1) is 9.28. The summed E-state index contributed by atoms with van der Waals surface area (Å²) in [4.78, 5) is 2.67. The van der Waals surface area contributed by atoms with Gasteiger partial charge in [0.25, 0.3) is 0 Å². The van der Waals surface area contributed by atoms with Crippen LogP contribution in [0.15, 0.2) is 11.8 Å². The second-order valence-electron chi connectivity index (χ2n) is 6.55. The highest BCUT2D eigenvalue weighted by Crippen LogP contribution is 2.38. The number of likely N-dealkylation sites (tertiary alicyclic amines) is 1. The summed E-state index contributed by atoms with van der Waals surface area (Å²) in [5.41, 5.74) is 7.93. The molecule has 2 fully saturated rings. The first-order valence-corrected chi connectivity index (χ1v) is 8.91. The lowest BCUT2D eigenvalue weighted by atomic mass is 9.91. The number of nitrogens with one attached hydrogen (secondary N) is 1. The Hall–Kier alpha value is 0.190. The van der Waals surface area contributed by atoms with Gasteiger partial charge in [0.1, 0.15) is 0 Å². The third kappa shape index (κ3) is 3.10. The molecule has 2 unspecified atom stereocenters. The van der Waals surface area contributed by atoms with Gasteiger partial charge in [-0.05, 0) is 56.8 Å². The van der Waals surface area contributed by atoms with Crippen molar-refractivity contribution in [3.63, 3.8) is 0 Å². The van der Waals surface area contributed by atoms with Gasteiger partial charge >= 0.3 is 0 Å². The topological polar surface area (TPSA) is 41.3 Å².